The number of alkyl halides is 3. The normalized spacial score (nSPS) is 15.3. The van der Waals surface area contributed by atoms with Gasteiger partial charge in [0.25, 0.3) is 0 Å². The van der Waals surface area contributed by atoms with Crippen LogP contribution < -0.4 is 5.73 Å². The third-order valence-electron chi connectivity index (χ3n) is 0.746. The second-order valence-electron chi connectivity index (χ2n) is 3.17. The highest BCUT2D eigenvalue weighted by Crippen LogP contribution is 2.16. The average molecular weight is 184 g/mol. The maximum Gasteiger partial charge on any atom is 0.447 e. The monoisotopic (exact) mass is 184 g/mol. The van der Waals surface area contributed by atoms with Crippen molar-refractivity contribution in [1.29, 1.82) is 0 Å². The summed E-state index contributed by atoms with van der Waals surface area (Å²) >= 11 is 0. The van der Waals surface area contributed by atoms with Crippen molar-refractivity contribution in [3.63, 3.8) is 0 Å². The Labute approximate surface area is 64.4 Å². The first-order valence-corrected chi connectivity index (χ1v) is 6.50. The first-order chi connectivity index (χ1) is 4.63. The lowest BCUT2D eigenvalue weighted by Gasteiger charge is -2.12. The minimum absolute atomic E-state index is 1.21. The Balaban J connectivity index is 4.49. The predicted octanol–water partition coefficient (Wildman–Crippen LogP) is 1.74. The van der Waals surface area contributed by atoms with Crippen LogP contribution in [-0.2, 0) is 0 Å². The van der Waals surface area contributed by atoms with E-state index in [0.717, 1.165) is 0 Å². The molecule has 2 N–H and O–H groups in total. The summed E-state index contributed by atoms with van der Waals surface area (Å²) in [6, 6.07) is 0. The van der Waals surface area contributed by atoms with Gasteiger partial charge in [0.15, 0.2) is 14.1 Å². The first kappa shape index (κ1) is 10.5. The molecule has 0 aromatic heterocycles. The Morgan fingerprint density at radius 3 is 1.73 bits per heavy atom. The summed E-state index contributed by atoms with van der Waals surface area (Å²) in [5.41, 5.74) is 4.70. The van der Waals surface area contributed by atoms with Gasteiger partial charge in [-0.25, -0.2) is 0 Å². The molecular formula is C5H11F3N2Si. The molecule has 0 spiro atoms. The molecule has 0 saturated carbocycles. The number of hydrogen-bond acceptors (Lipinski definition) is 1. The third kappa shape index (κ3) is 4.83. The van der Waals surface area contributed by atoms with Gasteiger partial charge in [-0.05, 0) is 19.6 Å². The molecule has 0 aromatic rings. The summed E-state index contributed by atoms with van der Waals surface area (Å²) in [5.74, 6) is -1.21. The van der Waals surface area contributed by atoms with Crippen molar-refractivity contribution in [2.24, 2.45) is 10.4 Å². The van der Waals surface area contributed by atoms with Gasteiger partial charge in [0.05, 0.1) is 0 Å². The van der Waals surface area contributed by atoms with E-state index >= 15 is 0 Å². The number of nitrogens with zero attached hydrogens (tertiary/aromatic N) is 1. The molecule has 0 fully saturated rings. The quantitative estimate of drug-likeness (QED) is 0.376. The standard InChI is InChI=1S/C5H11F3N2Si/c1-11(2,3)10-4(9)5(6,7)8/h1-3H3,(H2,9,10). The molecule has 0 aliphatic carbocycles. The lowest BCUT2D eigenvalue weighted by atomic mass is 10.6. The van der Waals surface area contributed by atoms with Crippen molar-refractivity contribution in [1.82, 2.24) is 0 Å². The molecule has 0 aromatic carbocycles. The summed E-state index contributed by atoms with van der Waals surface area (Å²) < 4.78 is 38.6. The molecule has 0 aliphatic rings. The first-order valence-electron chi connectivity index (χ1n) is 3.05. The SMILES string of the molecule is C[Si](C)(C)N=C(N)C(F)(F)F. The van der Waals surface area contributed by atoms with Gasteiger partial charge in [0.2, 0.25) is 0 Å². The fourth-order valence-corrected chi connectivity index (χ4v) is 1.27. The zero-order chi connectivity index (χ0) is 9.28. The number of nitrogens with two attached hydrogens (primary N) is 1. The number of hydrogen-bond donors (Lipinski definition) is 1. The summed E-state index contributed by atoms with van der Waals surface area (Å²) in [4.78, 5) is 0. The molecule has 0 unspecified atom stereocenters. The third-order valence-corrected chi connectivity index (χ3v) is 1.66. The molecule has 66 valence electrons. The van der Waals surface area contributed by atoms with Gasteiger partial charge < -0.3 is 10.4 Å². The second-order valence-corrected chi connectivity index (χ2v) is 7.73. The molecule has 0 bridgehead atoms. The summed E-state index contributed by atoms with van der Waals surface area (Å²) in [6.45, 7) is 5.06. The van der Waals surface area contributed by atoms with E-state index in [-0.39, 0.29) is 0 Å². The maximum absolute atomic E-state index is 11.7. The van der Waals surface area contributed by atoms with E-state index in [2.05, 4.69) is 4.66 Å². The van der Waals surface area contributed by atoms with Gasteiger partial charge in [-0.2, -0.15) is 13.2 Å². The van der Waals surface area contributed by atoms with Gasteiger partial charge in [0, 0.05) is 0 Å². The highest BCUT2D eigenvalue weighted by Gasteiger charge is 2.34. The van der Waals surface area contributed by atoms with E-state index in [1.165, 1.54) is 0 Å². The number of halogens is 3. The van der Waals surface area contributed by atoms with E-state index in [1.54, 1.807) is 19.6 Å². The molecule has 0 radical (unpaired) electrons. The average Bonchev–Trinajstić information content (AvgIpc) is 1.56. The highest BCUT2D eigenvalue weighted by molar-refractivity contribution is 6.75. The topological polar surface area (TPSA) is 38.4 Å². The van der Waals surface area contributed by atoms with Crippen molar-refractivity contribution in [3.8, 4) is 0 Å². The smallest absolute Gasteiger partial charge is 0.381 e. The Kier molecular flexibility index (Phi) is 2.71. The van der Waals surface area contributed by atoms with Gasteiger partial charge in [-0.1, -0.05) is 0 Å². The molecule has 0 atom stereocenters. The van der Waals surface area contributed by atoms with Crippen LogP contribution in [0.25, 0.3) is 0 Å². The van der Waals surface area contributed by atoms with E-state index in [0.29, 0.717) is 0 Å². The lowest BCUT2D eigenvalue weighted by molar-refractivity contribution is -0.0597. The molecule has 11 heavy (non-hydrogen) atoms. The van der Waals surface area contributed by atoms with Crippen LogP contribution in [0, 0.1) is 0 Å². The molecule has 0 aliphatic heterocycles. The Hall–Kier alpha value is -0.523. The highest BCUT2D eigenvalue weighted by atomic mass is 28.3. The van der Waals surface area contributed by atoms with Crippen LogP contribution in [-0.4, -0.2) is 20.2 Å². The summed E-state index contributed by atoms with van der Waals surface area (Å²) in [7, 11) is -2.09. The van der Waals surface area contributed by atoms with Gasteiger partial charge >= 0.3 is 6.18 Å². The Bertz CT molecular complexity index is 168. The maximum atomic E-state index is 11.7. The van der Waals surface area contributed by atoms with Gasteiger partial charge in [0.1, 0.15) is 0 Å². The van der Waals surface area contributed by atoms with E-state index < -0.39 is 20.2 Å². The minimum Gasteiger partial charge on any atom is -0.381 e. The number of amidine groups is 1. The summed E-state index contributed by atoms with van der Waals surface area (Å²) in [6.07, 6.45) is -4.47. The molecule has 0 rings (SSSR count). The Morgan fingerprint density at radius 1 is 1.27 bits per heavy atom. The van der Waals surface area contributed by atoms with E-state index in [9.17, 15) is 13.2 Å². The van der Waals surface area contributed by atoms with Crippen LogP contribution in [0.5, 0.6) is 0 Å². The summed E-state index contributed by atoms with van der Waals surface area (Å²) in [5, 5.41) is 0. The zero-order valence-corrected chi connectivity index (χ0v) is 7.66. The lowest BCUT2D eigenvalue weighted by Crippen LogP contribution is -2.35. The fourth-order valence-electron chi connectivity index (χ4n) is 0.425. The van der Waals surface area contributed by atoms with Crippen LogP contribution in [0.3, 0.4) is 0 Å². The van der Waals surface area contributed by atoms with Crippen molar-refractivity contribution in [2.45, 2.75) is 25.8 Å². The van der Waals surface area contributed by atoms with Crippen LogP contribution >= 0.6 is 0 Å². The van der Waals surface area contributed by atoms with E-state index in [1.807, 2.05) is 0 Å². The molecule has 0 amide bonds. The van der Waals surface area contributed by atoms with Crippen molar-refractivity contribution >= 4 is 14.1 Å². The van der Waals surface area contributed by atoms with Crippen molar-refractivity contribution in [2.75, 3.05) is 0 Å². The van der Waals surface area contributed by atoms with Crippen molar-refractivity contribution in [3.05, 3.63) is 0 Å². The fraction of sp³-hybridized carbons (Fsp3) is 0.800. The van der Waals surface area contributed by atoms with Crippen molar-refractivity contribution < 1.29 is 13.2 Å². The van der Waals surface area contributed by atoms with Crippen LogP contribution in [0.4, 0.5) is 13.2 Å². The minimum atomic E-state index is -4.47. The predicted molar refractivity (Wildman–Crippen MR) is 41.0 cm³/mol. The molecule has 0 heterocycles. The Morgan fingerprint density at radius 2 is 1.64 bits per heavy atom. The molecule has 0 saturated heterocycles. The van der Waals surface area contributed by atoms with Gasteiger partial charge in [-0.15, -0.1) is 0 Å². The second kappa shape index (κ2) is 2.84. The van der Waals surface area contributed by atoms with Crippen LogP contribution in [0.2, 0.25) is 19.6 Å². The largest absolute Gasteiger partial charge is 0.447 e. The molecular weight excluding hydrogens is 173 g/mol. The van der Waals surface area contributed by atoms with Crippen LogP contribution in [0.1, 0.15) is 0 Å². The molecule has 2 nitrogen and oxygen atoms in total. The van der Waals surface area contributed by atoms with Crippen LogP contribution in [0.15, 0.2) is 4.66 Å². The molecule has 6 heteroatoms. The zero-order valence-electron chi connectivity index (χ0n) is 6.66. The van der Waals surface area contributed by atoms with E-state index in [4.69, 9.17) is 5.73 Å². The van der Waals surface area contributed by atoms with Gasteiger partial charge in [-0.3, -0.25) is 0 Å². The number of rotatable bonds is 1.